The van der Waals surface area contributed by atoms with Gasteiger partial charge in [0, 0.05) is 22.7 Å². The van der Waals surface area contributed by atoms with Gasteiger partial charge >= 0.3 is 5.97 Å². The Bertz CT molecular complexity index is 905. The van der Waals surface area contributed by atoms with Gasteiger partial charge in [0.2, 0.25) is 11.7 Å². The number of hydrogen-bond acceptors (Lipinski definition) is 6. The number of Topliss-reactive ketones (excluding diaryl/α,β-unsaturated/α-hetero) is 1. The Labute approximate surface area is 176 Å². The highest BCUT2D eigenvalue weighted by Crippen LogP contribution is 2.24. The van der Waals surface area contributed by atoms with Gasteiger partial charge < -0.3 is 19.5 Å². The molecule has 0 aliphatic rings. The minimum atomic E-state index is -0.996. The van der Waals surface area contributed by atoms with E-state index in [-0.39, 0.29) is 17.3 Å². The molecule has 0 heterocycles. The van der Waals surface area contributed by atoms with Gasteiger partial charge in [-0.05, 0) is 43.3 Å². The minimum absolute atomic E-state index is 0.127. The average molecular weight is 413 g/mol. The first kappa shape index (κ1) is 22.9. The molecule has 30 heavy (non-hydrogen) atoms. The molecule has 0 aliphatic heterocycles. The number of hydrogen-bond donors (Lipinski definition) is 1. The fourth-order valence-electron chi connectivity index (χ4n) is 2.48. The van der Waals surface area contributed by atoms with Crippen molar-refractivity contribution in [2.75, 3.05) is 19.5 Å². The molecule has 2 rings (SSSR count). The molecular formula is C23H27NO6. The van der Waals surface area contributed by atoms with Crippen molar-refractivity contribution in [2.24, 2.45) is 5.41 Å². The molecule has 7 nitrogen and oxygen atoms in total. The third-order valence-corrected chi connectivity index (χ3v) is 4.35. The molecule has 0 saturated carbocycles. The van der Waals surface area contributed by atoms with Crippen molar-refractivity contribution in [3.05, 3.63) is 53.6 Å². The normalized spacial score (nSPS) is 11.9. The molecule has 0 aliphatic carbocycles. The number of carbonyl (C=O) groups excluding carboxylic acids is 3. The van der Waals surface area contributed by atoms with Crippen molar-refractivity contribution in [2.45, 2.75) is 33.8 Å². The number of anilines is 1. The van der Waals surface area contributed by atoms with Crippen molar-refractivity contribution in [1.29, 1.82) is 0 Å². The summed E-state index contributed by atoms with van der Waals surface area (Å²) in [5.74, 6) is -0.270. The van der Waals surface area contributed by atoms with Crippen LogP contribution in [0.1, 0.15) is 48.4 Å². The number of ether oxygens (including phenoxy) is 3. The fraction of sp³-hybridized carbons (Fsp3) is 0.348. The van der Waals surface area contributed by atoms with E-state index in [1.807, 2.05) is 20.8 Å². The molecule has 160 valence electrons. The number of amides is 1. The van der Waals surface area contributed by atoms with Gasteiger partial charge in [0.05, 0.1) is 19.8 Å². The zero-order valence-corrected chi connectivity index (χ0v) is 18.1. The van der Waals surface area contributed by atoms with Gasteiger partial charge in [-0.3, -0.25) is 9.59 Å². The van der Waals surface area contributed by atoms with E-state index < -0.39 is 17.5 Å². The topological polar surface area (TPSA) is 90.9 Å². The smallest absolute Gasteiger partial charge is 0.339 e. The zero-order valence-electron chi connectivity index (χ0n) is 18.1. The van der Waals surface area contributed by atoms with E-state index in [1.54, 1.807) is 30.3 Å². The van der Waals surface area contributed by atoms with Crippen LogP contribution in [0.3, 0.4) is 0 Å². The number of nitrogens with one attached hydrogen (secondary N) is 1. The molecule has 0 aromatic heterocycles. The lowest BCUT2D eigenvalue weighted by atomic mass is 9.95. The second-order valence-electron chi connectivity index (χ2n) is 7.79. The van der Waals surface area contributed by atoms with E-state index >= 15 is 0 Å². The van der Waals surface area contributed by atoms with Crippen molar-refractivity contribution in [3.8, 4) is 11.5 Å². The van der Waals surface area contributed by atoms with Crippen molar-refractivity contribution < 1.29 is 28.6 Å². The lowest BCUT2D eigenvalue weighted by Crippen LogP contribution is -2.27. The second kappa shape index (κ2) is 9.43. The van der Waals surface area contributed by atoms with Crippen LogP contribution in [0.5, 0.6) is 11.5 Å². The Morgan fingerprint density at radius 2 is 1.40 bits per heavy atom. The van der Waals surface area contributed by atoms with E-state index in [4.69, 9.17) is 14.2 Å². The van der Waals surface area contributed by atoms with Gasteiger partial charge in [-0.1, -0.05) is 20.8 Å². The summed E-state index contributed by atoms with van der Waals surface area (Å²) in [5.41, 5.74) is 0.637. The van der Waals surface area contributed by atoms with Crippen LogP contribution in [0.25, 0.3) is 0 Å². The first-order valence-corrected chi connectivity index (χ1v) is 9.45. The zero-order chi connectivity index (χ0) is 22.5. The Hall–Kier alpha value is -3.35. The Balaban J connectivity index is 2.07. The third kappa shape index (κ3) is 5.83. The molecule has 0 spiro atoms. The first-order chi connectivity index (χ1) is 14.0. The van der Waals surface area contributed by atoms with E-state index in [0.29, 0.717) is 22.7 Å². The lowest BCUT2D eigenvalue weighted by molar-refractivity contribution is -0.123. The van der Waals surface area contributed by atoms with Gasteiger partial charge in [-0.15, -0.1) is 0 Å². The van der Waals surface area contributed by atoms with Gasteiger partial charge in [-0.2, -0.15) is 0 Å². The van der Waals surface area contributed by atoms with Crippen LogP contribution in [0.2, 0.25) is 0 Å². The summed E-state index contributed by atoms with van der Waals surface area (Å²) in [4.78, 5) is 37.2. The molecule has 2 aromatic carbocycles. The molecule has 0 saturated heterocycles. The second-order valence-corrected chi connectivity index (χ2v) is 7.79. The van der Waals surface area contributed by atoms with Crippen molar-refractivity contribution >= 4 is 23.3 Å². The van der Waals surface area contributed by atoms with Crippen LogP contribution < -0.4 is 14.8 Å². The molecule has 7 heteroatoms. The Kier molecular flexibility index (Phi) is 7.21. The van der Waals surface area contributed by atoms with Crippen LogP contribution in [0, 0.1) is 5.41 Å². The number of esters is 1. The van der Waals surface area contributed by atoms with Crippen LogP contribution in [-0.4, -0.2) is 38.0 Å². The molecule has 1 amide bonds. The third-order valence-electron chi connectivity index (χ3n) is 4.35. The predicted molar refractivity (Wildman–Crippen MR) is 113 cm³/mol. The molecule has 0 fully saturated rings. The molecular weight excluding hydrogens is 386 g/mol. The van der Waals surface area contributed by atoms with Crippen LogP contribution in [-0.2, 0) is 9.53 Å². The number of benzene rings is 2. The average Bonchev–Trinajstić information content (AvgIpc) is 2.72. The van der Waals surface area contributed by atoms with E-state index in [0.717, 1.165) is 0 Å². The van der Waals surface area contributed by atoms with E-state index in [1.165, 1.54) is 33.3 Å². The van der Waals surface area contributed by atoms with Crippen molar-refractivity contribution in [1.82, 2.24) is 0 Å². The summed E-state index contributed by atoms with van der Waals surface area (Å²) in [7, 11) is 2.95. The number of ketones is 1. The summed E-state index contributed by atoms with van der Waals surface area (Å²) in [6.45, 7) is 6.95. The highest BCUT2D eigenvalue weighted by molar-refractivity contribution is 6.02. The van der Waals surface area contributed by atoms with Crippen LogP contribution >= 0.6 is 0 Å². The maximum absolute atomic E-state index is 12.6. The SMILES string of the molecule is COc1cc(OC)cc(C(=O)O[C@@H](C)C(=O)c2ccc(NC(=O)C(C)(C)C)cc2)c1. The molecule has 1 atom stereocenters. The predicted octanol–water partition coefficient (Wildman–Crippen LogP) is 4.12. The number of methoxy groups -OCH3 is 2. The quantitative estimate of drug-likeness (QED) is 0.542. The molecule has 0 bridgehead atoms. The van der Waals surface area contributed by atoms with Gasteiger partial charge in [-0.25, -0.2) is 4.79 Å². The molecule has 0 unspecified atom stereocenters. The highest BCUT2D eigenvalue weighted by Gasteiger charge is 2.23. The molecule has 2 aromatic rings. The highest BCUT2D eigenvalue weighted by atomic mass is 16.5. The maximum Gasteiger partial charge on any atom is 0.339 e. The minimum Gasteiger partial charge on any atom is -0.497 e. The summed E-state index contributed by atoms with van der Waals surface area (Å²) < 4.78 is 15.6. The number of carbonyl (C=O) groups is 3. The van der Waals surface area contributed by atoms with E-state index in [9.17, 15) is 14.4 Å². The fourth-order valence-corrected chi connectivity index (χ4v) is 2.48. The van der Waals surface area contributed by atoms with Crippen LogP contribution in [0.4, 0.5) is 5.69 Å². The summed E-state index contributed by atoms with van der Waals surface area (Å²) in [6, 6.07) is 11.1. The number of rotatable bonds is 7. The lowest BCUT2D eigenvalue weighted by Gasteiger charge is -2.18. The van der Waals surface area contributed by atoms with Gasteiger partial charge in [0.25, 0.3) is 0 Å². The summed E-state index contributed by atoms with van der Waals surface area (Å²) >= 11 is 0. The maximum atomic E-state index is 12.6. The van der Waals surface area contributed by atoms with Gasteiger partial charge in [0.1, 0.15) is 11.5 Å². The standard InChI is InChI=1S/C23H27NO6/c1-14(30-21(26)16-11-18(28-5)13-19(12-16)29-6)20(25)15-7-9-17(10-8-15)24-22(27)23(2,3)4/h7-14H,1-6H3,(H,24,27)/t14-/m0/s1. The Morgan fingerprint density at radius 3 is 1.87 bits per heavy atom. The molecule has 1 N–H and O–H groups in total. The Morgan fingerprint density at radius 1 is 0.867 bits per heavy atom. The van der Waals surface area contributed by atoms with Gasteiger partial charge in [0.15, 0.2) is 6.10 Å². The monoisotopic (exact) mass is 413 g/mol. The first-order valence-electron chi connectivity index (χ1n) is 9.45. The van der Waals surface area contributed by atoms with Crippen LogP contribution in [0.15, 0.2) is 42.5 Å². The largest absolute Gasteiger partial charge is 0.497 e. The summed E-state index contributed by atoms with van der Waals surface area (Å²) in [5, 5.41) is 2.79. The van der Waals surface area contributed by atoms with Crippen molar-refractivity contribution in [3.63, 3.8) is 0 Å². The van der Waals surface area contributed by atoms with E-state index in [2.05, 4.69) is 5.32 Å². The summed E-state index contributed by atoms with van der Waals surface area (Å²) in [6.07, 6.45) is -0.996. The molecule has 0 radical (unpaired) electrons.